The van der Waals surface area contributed by atoms with E-state index in [1.54, 1.807) is 0 Å². The summed E-state index contributed by atoms with van der Waals surface area (Å²) in [5.41, 5.74) is 3.02. The maximum Gasteiger partial charge on any atom is 0.0177 e. The molecule has 1 aromatic carbocycles. The average Bonchev–Trinajstić information content (AvgIpc) is 2.62. The van der Waals surface area contributed by atoms with E-state index in [1.807, 2.05) is 0 Å². The van der Waals surface area contributed by atoms with Crippen LogP contribution in [-0.2, 0) is 6.42 Å². The van der Waals surface area contributed by atoms with Gasteiger partial charge in [0, 0.05) is 4.83 Å². The molecule has 2 rings (SSSR count). The van der Waals surface area contributed by atoms with E-state index in [1.165, 1.54) is 36.8 Å². The van der Waals surface area contributed by atoms with Gasteiger partial charge < -0.3 is 0 Å². The SMILES string of the molecule is CCCc1ccc(C2CCC(Br)C2C)cc1. The van der Waals surface area contributed by atoms with Crippen LogP contribution in [0.4, 0.5) is 0 Å². The van der Waals surface area contributed by atoms with E-state index >= 15 is 0 Å². The van der Waals surface area contributed by atoms with E-state index in [0.29, 0.717) is 4.83 Å². The predicted molar refractivity (Wildman–Crippen MR) is 74.3 cm³/mol. The van der Waals surface area contributed by atoms with Gasteiger partial charge in [0.15, 0.2) is 0 Å². The molecule has 16 heavy (non-hydrogen) atoms. The fraction of sp³-hybridized carbons (Fsp3) is 0.600. The summed E-state index contributed by atoms with van der Waals surface area (Å²) in [5.74, 6) is 1.54. The predicted octanol–water partition coefficient (Wildman–Crippen LogP) is 4.92. The van der Waals surface area contributed by atoms with Crippen LogP contribution in [0.2, 0.25) is 0 Å². The van der Waals surface area contributed by atoms with Crippen molar-refractivity contribution >= 4 is 15.9 Å². The highest BCUT2D eigenvalue weighted by atomic mass is 79.9. The van der Waals surface area contributed by atoms with E-state index in [9.17, 15) is 0 Å². The minimum absolute atomic E-state index is 0.716. The number of rotatable bonds is 3. The quantitative estimate of drug-likeness (QED) is 0.690. The number of hydrogen-bond acceptors (Lipinski definition) is 0. The number of hydrogen-bond donors (Lipinski definition) is 0. The van der Waals surface area contributed by atoms with Gasteiger partial charge in [0.25, 0.3) is 0 Å². The molecule has 0 N–H and O–H groups in total. The maximum atomic E-state index is 3.78. The Bertz CT molecular complexity index is 328. The lowest BCUT2D eigenvalue weighted by Crippen LogP contribution is -2.08. The van der Waals surface area contributed by atoms with Crippen LogP contribution in [0, 0.1) is 5.92 Å². The van der Waals surface area contributed by atoms with Gasteiger partial charge in [-0.25, -0.2) is 0 Å². The zero-order chi connectivity index (χ0) is 11.5. The molecule has 0 saturated heterocycles. The second-order valence-electron chi connectivity index (χ2n) is 5.05. The Hall–Kier alpha value is -0.300. The molecular weight excluding hydrogens is 260 g/mol. The summed E-state index contributed by atoms with van der Waals surface area (Å²) in [6.45, 7) is 4.61. The molecule has 0 heterocycles. The van der Waals surface area contributed by atoms with Gasteiger partial charge in [-0.2, -0.15) is 0 Å². The Kier molecular flexibility index (Phi) is 4.07. The second kappa shape index (κ2) is 5.35. The molecule has 88 valence electrons. The number of benzene rings is 1. The molecule has 0 nitrogen and oxygen atoms in total. The van der Waals surface area contributed by atoms with E-state index in [-0.39, 0.29) is 0 Å². The third-order valence-corrected chi connectivity index (χ3v) is 5.20. The first-order valence-corrected chi connectivity index (χ1v) is 7.37. The Morgan fingerprint density at radius 1 is 1.19 bits per heavy atom. The lowest BCUT2D eigenvalue weighted by atomic mass is 9.89. The van der Waals surface area contributed by atoms with Gasteiger partial charge in [0.05, 0.1) is 0 Å². The minimum Gasteiger partial charge on any atom is -0.0888 e. The van der Waals surface area contributed by atoms with Gasteiger partial charge in [-0.3, -0.25) is 0 Å². The molecule has 3 unspecified atom stereocenters. The van der Waals surface area contributed by atoms with Gasteiger partial charge in [0.2, 0.25) is 0 Å². The normalized spacial score (nSPS) is 29.6. The molecule has 0 aromatic heterocycles. The molecular formula is C15H21Br. The summed E-state index contributed by atoms with van der Waals surface area (Å²) < 4.78 is 0. The monoisotopic (exact) mass is 280 g/mol. The van der Waals surface area contributed by atoms with Crippen LogP contribution in [0.15, 0.2) is 24.3 Å². The van der Waals surface area contributed by atoms with Gasteiger partial charge in [-0.15, -0.1) is 0 Å². The summed E-state index contributed by atoms with van der Waals surface area (Å²) in [6, 6.07) is 9.31. The van der Waals surface area contributed by atoms with Crippen LogP contribution in [0.5, 0.6) is 0 Å². The molecule has 0 amide bonds. The van der Waals surface area contributed by atoms with E-state index in [4.69, 9.17) is 0 Å². The molecule has 1 fully saturated rings. The van der Waals surface area contributed by atoms with Crippen molar-refractivity contribution in [1.82, 2.24) is 0 Å². The Morgan fingerprint density at radius 2 is 1.88 bits per heavy atom. The Morgan fingerprint density at radius 3 is 2.38 bits per heavy atom. The second-order valence-corrected chi connectivity index (χ2v) is 6.23. The third kappa shape index (κ3) is 2.51. The summed E-state index contributed by atoms with van der Waals surface area (Å²) in [4.78, 5) is 0.716. The van der Waals surface area contributed by atoms with Crippen LogP contribution < -0.4 is 0 Å². The highest BCUT2D eigenvalue weighted by Crippen LogP contribution is 2.42. The van der Waals surface area contributed by atoms with Gasteiger partial charge in [-0.1, -0.05) is 60.5 Å². The fourth-order valence-corrected chi connectivity index (χ4v) is 3.44. The van der Waals surface area contributed by atoms with Crippen molar-refractivity contribution in [2.45, 2.75) is 50.3 Å². The van der Waals surface area contributed by atoms with Gasteiger partial charge >= 0.3 is 0 Å². The van der Waals surface area contributed by atoms with Gasteiger partial charge in [0.1, 0.15) is 0 Å². The van der Waals surface area contributed by atoms with Crippen molar-refractivity contribution in [3.63, 3.8) is 0 Å². The van der Waals surface area contributed by atoms with E-state index in [2.05, 4.69) is 54.0 Å². The molecule has 3 atom stereocenters. The zero-order valence-electron chi connectivity index (χ0n) is 10.2. The molecule has 0 bridgehead atoms. The van der Waals surface area contributed by atoms with Crippen LogP contribution in [-0.4, -0.2) is 4.83 Å². The standard InChI is InChI=1S/C15H21Br/c1-3-4-12-5-7-13(8-6-12)14-9-10-15(16)11(14)2/h5-8,11,14-15H,3-4,9-10H2,1-2H3. The lowest BCUT2D eigenvalue weighted by Gasteiger charge is -2.18. The summed E-state index contributed by atoms with van der Waals surface area (Å²) in [5, 5.41) is 0. The minimum atomic E-state index is 0.716. The summed E-state index contributed by atoms with van der Waals surface area (Å²) in [7, 11) is 0. The Balaban J connectivity index is 2.10. The van der Waals surface area contributed by atoms with Crippen LogP contribution in [0.25, 0.3) is 0 Å². The molecule has 1 heteroatoms. The molecule has 1 aromatic rings. The van der Waals surface area contributed by atoms with Crippen molar-refractivity contribution < 1.29 is 0 Å². The maximum absolute atomic E-state index is 3.78. The molecule has 0 spiro atoms. The van der Waals surface area contributed by atoms with Crippen molar-refractivity contribution in [3.05, 3.63) is 35.4 Å². The number of halogens is 1. The topological polar surface area (TPSA) is 0 Å². The Labute approximate surface area is 108 Å². The van der Waals surface area contributed by atoms with Crippen molar-refractivity contribution in [3.8, 4) is 0 Å². The molecule has 1 aliphatic rings. The zero-order valence-corrected chi connectivity index (χ0v) is 11.8. The summed E-state index contributed by atoms with van der Waals surface area (Å²) in [6.07, 6.45) is 5.11. The largest absolute Gasteiger partial charge is 0.0888 e. The molecule has 1 saturated carbocycles. The van der Waals surface area contributed by atoms with Crippen molar-refractivity contribution in [1.29, 1.82) is 0 Å². The lowest BCUT2D eigenvalue weighted by molar-refractivity contribution is 0.544. The first-order chi connectivity index (χ1) is 7.72. The summed E-state index contributed by atoms with van der Waals surface area (Å²) >= 11 is 3.78. The van der Waals surface area contributed by atoms with Crippen LogP contribution in [0.3, 0.4) is 0 Å². The van der Waals surface area contributed by atoms with Crippen LogP contribution >= 0.6 is 15.9 Å². The smallest absolute Gasteiger partial charge is 0.0177 e. The molecule has 1 aliphatic carbocycles. The average molecular weight is 281 g/mol. The fourth-order valence-electron chi connectivity index (χ4n) is 2.81. The number of aryl methyl sites for hydroxylation is 1. The first kappa shape index (κ1) is 12.2. The number of alkyl halides is 1. The van der Waals surface area contributed by atoms with E-state index in [0.717, 1.165) is 11.8 Å². The van der Waals surface area contributed by atoms with E-state index < -0.39 is 0 Å². The highest BCUT2D eigenvalue weighted by molar-refractivity contribution is 9.09. The third-order valence-electron chi connectivity index (χ3n) is 3.91. The first-order valence-electron chi connectivity index (χ1n) is 6.45. The van der Waals surface area contributed by atoms with Crippen molar-refractivity contribution in [2.75, 3.05) is 0 Å². The van der Waals surface area contributed by atoms with Crippen molar-refractivity contribution in [2.24, 2.45) is 5.92 Å². The highest BCUT2D eigenvalue weighted by Gasteiger charge is 2.31. The molecule has 0 aliphatic heterocycles. The van der Waals surface area contributed by atoms with Crippen LogP contribution in [0.1, 0.15) is 50.2 Å². The van der Waals surface area contributed by atoms with Gasteiger partial charge in [-0.05, 0) is 42.2 Å². The molecule has 0 radical (unpaired) electrons.